The van der Waals surface area contributed by atoms with E-state index in [1.807, 2.05) is 6.08 Å². The van der Waals surface area contributed by atoms with E-state index >= 15 is 0 Å². The molecule has 0 saturated carbocycles. The van der Waals surface area contributed by atoms with Crippen LogP contribution in [0.4, 0.5) is 0 Å². The number of hydrogen-bond donors (Lipinski definition) is 6. The molecular formula is C40H73NO8. The molecule has 9 nitrogen and oxygen atoms in total. The van der Waals surface area contributed by atoms with Crippen LogP contribution in [0.1, 0.15) is 155 Å². The Balaban J connectivity index is 2.45. The van der Waals surface area contributed by atoms with Crippen LogP contribution < -0.4 is 5.32 Å². The Labute approximate surface area is 298 Å². The monoisotopic (exact) mass is 696 g/mol. The number of unbranched alkanes of at least 4 members (excludes halogenated alkanes) is 18. The van der Waals surface area contributed by atoms with E-state index in [0.29, 0.717) is 6.42 Å². The van der Waals surface area contributed by atoms with Crippen molar-refractivity contribution in [3.05, 3.63) is 36.5 Å². The lowest BCUT2D eigenvalue weighted by Crippen LogP contribution is -2.60. The second-order valence-electron chi connectivity index (χ2n) is 13.8. The van der Waals surface area contributed by atoms with Gasteiger partial charge >= 0.3 is 0 Å². The van der Waals surface area contributed by atoms with Gasteiger partial charge in [0.25, 0.3) is 0 Å². The van der Waals surface area contributed by atoms with E-state index in [9.17, 15) is 30.3 Å². The molecule has 0 aromatic rings. The Kier molecular flexibility index (Phi) is 28.9. The van der Waals surface area contributed by atoms with Crippen LogP contribution in [0.25, 0.3) is 0 Å². The van der Waals surface area contributed by atoms with E-state index < -0.39 is 49.5 Å². The number of amides is 1. The Morgan fingerprint density at radius 3 is 1.76 bits per heavy atom. The van der Waals surface area contributed by atoms with Gasteiger partial charge in [0, 0.05) is 6.42 Å². The van der Waals surface area contributed by atoms with Gasteiger partial charge in [-0.2, -0.15) is 0 Å². The summed E-state index contributed by atoms with van der Waals surface area (Å²) < 4.78 is 11.1. The highest BCUT2D eigenvalue weighted by atomic mass is 16.7. The molecule has 7 atom stereocenters. The van der Waals surface area contributed by atoms with Crippen molar-refractivity contribution in [1.29, 1.82) is 0 Å². The number of nitrogens with one attached hydrogen (secondary N) is 1. The van der Waals surface area contributed by atoms with Gasteiger partial charge < -0.3 is 40.3 Å². The summed E-state index contributed by atoms with van der Waals surface area (Å²) in [4.78, 5) is 12.9. The fourth-order valence-corrected chi connectivity index (χ4v) is 5.97. The first-order valence-corrected chi connectivity index (χ1v) is 19.7. The first-order valence-electron chi connectivity index (χ1n) is 19.7. The predicted octanol–water partition coefficient (Wildman–Crippen LogP) is 6.94. The van der Waals surface area contributed by atoms with Gasteiger partial charge in [-0.25, -0.2) is 0 Å². The number of carbonyl (C=O) groups is 1. The van der Waals surface area contributed by atoms with Crippen molar-refractivity contribution in [3.63, 3.8) is 0 Å². The van der Waals surface area contributed by atoms with Crippen LogP contribution in [0.2, 0.25) is 0 Å². The minimum Gasteiger partial charge on any atom is -0.394 e. The Bertz CT molecular complexity index is 863. The topological polar surface area (TPSA) is 149 Å². The van der Waals surface area contributed by atoms with Crippen LogP contribution in [0.3, 0.4) is 0 Å². The number of aliphatic hydroxyl groups excluding tert-OH is 5. The van der Waals surface area contributed by atoms with Crippen molar-refractivity contribution < 1.29 is 39.8 Å². The van der Waals surface area contributed by atoms with Gasteiger partial charge in [-0.05, 0) is 44.9 Å². The van der Waals surface area contributed by atoms with Gasteiger partial charge in [0.2, 0.25) is 5.91 Å². The molecule has 0 aromatic heterocycles. The first kappa shape index (κ1) is 45.4. The fraction of sp³-hybridized carbons (Fsp3) is 0.825. The minimum atomic E-state index is -1.57. The van der Waals surface area contributed by atoms with E-state index in [4.69, 9.17) is 9.47 Å². The lowest BCUT2D eigenvalue weighted by Gasteiger charge is -2.40. The maximum absolute atomic E-state index is 12.9. The zero-order chi connectivity index (χ0) is 36.0. The first-order chi connectivity index (χ1) is 23.8. The number of allylic oxidation sites excluding steroid dienone is 5. The molecule has 1 rings (SSSR count). The largest absolute Gasteiger partial charge is 0.394 e. The summed E-state index contributed by atoms with van der Waals surface area (Å²) in [5, 5.41) is 53.9. The highest BCUT2D eigenvalue weighted by molar-refractivity contribution is 5.76. The smallest absolute Gasteiger partial charge is 0.220 e. The molecule has 1 saturated heterocycles. The standard InChI is InChI=1S/C40H73NO8/c1-3-5-7-9-11-13-15-16-17-18-20-22-24-26-28-30-36(44)41-33(32-48-40-39(47)38(46)37(45)35(31-42)49-40)34(43)29-27-25-23-21-19-14-12-10-8-6-4-2/h11,13,15-16,27,29,33-35,37-40,42-43,45-47H,3-10,12,14,17-26,28,30-32H2,1-2H3,(H,41,44)/b13-11-,16-15-,29-27+. The molecule has 1 aliphatic heterocycles. The maximum atomic E-state index is 12.9. The normalized spacial score (nSPS) is 22.8. The summed E-state index contributed by atoms with van der Waals surface area (Å²) >= 11 is 0. The molecule has 1 heterocycles. The van der Waals surface area contributed by atoms with Crippen molar-refractivity contribution in [2.75, 3.05) is 13.2 Å². The number of rotatable bonds is 31. The quantitative estimate of drug-likeness (QED) is 0.0260. The van der Waals surface area contributed by atoms with Gasteiger partial charge in [0.1, 0.15) is 24.4 Å². The van der Waals surface area contributed by atoms with E-state index in [-0.39, 0.29) is 12.5 Å². The van der Waals surface area contributed by atoms with E-state index in [1.165, 1.54) is 77.0 Å². The van der Waals surface area contributed by atoms with Gasteiger partial charge in [-0.3, -0.25) is 4.79 Å². The summed E-state index contributed by atoms with van der Waals surface area (Å²) in [7, 11) is 0. The summed E-state index contributed by atoms with van der Waals surface area (Å²) in [6.07, 6.45) is 28.9. The van der Waals surface area contributed by atoms with Gasteiger partial charge in [-0.1, -0.05) is 140 Å². The van der Waals surface area contributed by atoms with E-state index in [2.05, 4.69) is 43.5 Å². The molecule has 6 N–H and O–H groups in total. The Morgan fingerprint density at radius 2 is 1.18 bits per heavy atom. The molecule has 9 heteroatoms. The molecule has 0 bridgehead atoms. The highest BCUT2D eigenvalue weighted by Gasteiger charge is 2.44. The van der Waals surface area contributed by atoms with Crippen molar-refractivity contribution in [1.82, 2.24) is 5.32 Å². The third-order valence-electron chi connectivity index (χ3n) is 9.24. The second-order valence-corrected chi connectivity index (χ2v) is 13.8. The molecule has 0 radical (unpaired) electrons. The molecular weight excluding hydrogens is 622 g/mol. The van der Waals surface area contributed by atoms with Gasteiger partial charge in [0.05, 0.1) is 25.4 Å². The summed E-state index contributed by atoms with van der Waals surface area (Å²) in [5.41, 5.74) is 0. The van der Waals surface area contributed by atoms with Crippen LogP contribution in [0.5, 0.6) is 0 Å². The number of hydrogen-bond acceptors (Lipinski definition) is 8. The molecule has 1 amide bonds. The fourth-order valence-electron chi connectivity index (χ4n) is 5.97. The third-order valence-corrected chi connectivity index (χ3v) is 9.24. The Morgan fingerprint density at radius 1 is 0.694 bits per heavy atom. The SMILES string of the molecule is CCCCC/C=C\C=C/CCCCCCCCC(=O)NC(COC1OC(CO)C(O)C(O)C1O)C(O)/C=C/CCCCCCCCCCC. The summed E-state index contributed by atoms with van der Waals surface area (Å²) in [6.45, 7) is 3.69. The molecule has 49 heavy (non-hydrogen) atoms. The molecule has 0 aliphatic carbocycles. The molecule has 0 spiro atoms. The lowest BCUT2D eigenvalue weighted by atomic mass is 9.99. The van der Waals surface area contributed by atoms with Crippen molar-refractivity contribution in [2.45, 2.75) is 198 Å². The van der Waals surface area contributed by atoms with Gasteiger partial charge in [0.15, 0.2) is 6.29 Å². The second kappa shape index (κ2) is 31.2. The zero-order valence-electron chi connectivity index (χ0n) is 30.9. The predicted molar refractivity (Wildman–Crippen MR) is 198 cm³/mol. The van der Waals surface area contributed by atoms with Crippen molar-refractivity contribution >= 4 is 5.91 Å². The zero-order valence-corrected chi connectivity index (χ0v) is 30.9. The molecule has 1 aliphatic rings. The highest BCUT2D eigenvalue weighted by Crippen LogP contribution is 2.22. The van der Waals surface area contributed by atoms with Crippen LogP contribution in [-0.2, 0) is 14.3 Å². The Hall–Kier alpha value is -1.59. The minimum absolute atomic E-state index is 0.193. The van der Waals surface area contributed by atoms with Crippen LogP contribution in [0, 0.1) is 0 Å². The van der Waals surface area contributed by atoms with Crippen LogP contribution in [0.15, 0.2) is 36.5 Å². The molecule has 1 fully saturated rings. The molecule has 7 unspecified atom stereocenters. The average Bonchev–Trinajstić information content (AvgIpc) is 3.10. The maximum Gasteiger partial charge on any atom is 0.220 e. The molecule has 286 valence electrons. The molecule has 0 aromatic carbocycles. The lowest BCUT2D eigenvalue weighted by molar-refractivity contribution is -0.302. The third kappa shape index (κ3) is 22.8. The number of ether oxygens (including phenoxy) is 2. The van der Waals surface area contributed by atoms with Crippen molar-refractivity contribution in [2.24, 2.45) is 0 Å². The number of aliphatic hydroxyl groups is 5. The summed E-state index contributed by atoms with van der Waals surface area (Å²) in [6, 6.07) is -0.807. The van der Waals surface area contributed by atoms with Crippen molar-refractivity contribution in [3.8, 4) is 0 Å². The van der Waals surface area contributed by atoms with Crippen LogP contribution in [-0.4, -0.2) is 87.5 Å². The summed E-state index contributed by atoms with van der Waals surface area (Å²) in [5.74, 6) is -0.193. The average molecular weight is 696 g/mol. The van der Waals surface area contributed by atoms with Gasteiger partial charge in [-0.15, -0.1) is 0 Å². The number of carbonyl (C=O) groups excluding carboxylic acids is 1. The van der Waals surface area contributed by atoms with E-state index in [0.717, 1.165) is 57.8 Å². The van der Waals surface area contributed by atoms with Crippen LogP contribution >= 0.6 is 0 Å². The van der Waals surface area contributed by atoms with E-state index in [1.54, 1.807) is 6.08 Å².